The molecule has 0 amide bonds. The van der Waals surface area contributed by atoms with Crippen LogP contribution in [0.5, 0.6) is 0 Å². The van der Waals surface area contributed by atoms with Gasteiger partial charge in [0, 0.05) is 26.6 Å². The first-order chi connectivity index (χ1) is 13.6. The van der Waals surface area contributed by atoms with E-state index in [1.165, 1.54) is 12.8 Å². The van der Waals surface area contributed by atoms with Crippen molar-refractivity contribution in [2.24, 2.45) is 5.92 Å². The number of carbonyl (C=O) groups excluding carboxylic acids is 2. The molecule has 0 heterocycles. The van der Waals surface area contributed by atoms with Gasteiger partial charge in [0.1, 0.15) is 0 Å². The average molecular weight is 401 g/mol. The Morgan fingerprint density at radius 2 is 1.18 bits per heavy atom. The second-order valence-corrected chi connectivity index (χ2v) is 7.80. The molecule has 0 saturated heterocycles. The summed E-state index contributed by atoms with van der Waals surface area (Å²) < 4.78 is 15.6. The summed E-state index contributed by atoms with van der Waals surface area (Å²) >= 11 is 0. The Morgan fingerprint density at radius 1 is 0.679 bits per heavy atom. The van der Waals surface area contributed by atoms with Crippen molar-refractivity contribution in [3.05, 3.63) is 0 Å². The number of unbranched alkanes of at least 4 members (excludes halogenated alkanes) is 8. The monoisotopic (exact) mass is 400 g/mol. The Labute approximate surface area is 172 Å². The van der Waals surface area contributed by atoms with Crippen LogP contribution in [0.2, 0.25) is 0 Å². The third-order valence-corrected chi connectivity index (χ3v) is 4.96. The fourth-order valence-corrected chi connectivity index (χ4v) is 2.94. The summed E-state index contributed by atoms with van der Waals surface area (Å²) in [7, 11) is 1.71. The molecule has 0 rings (SSSR count). The minimum atomic E-state index is -0.0828. The van der Waals surface area contributed by atoms with Crippen LogP contribution >= 0.6 is 0 Å². The van der Waals surface area contributed by atoms with E-state index in [-0.39, 0.29) is 11.9 Å². The van der Waals surface area contributed by atoms with E-state index in [1.54, 1.807) is 7.11 Å². The summed E-state index contributed by atoms with van der Waals surface area (Å²) in [6.45, 7) is 6.17. The number of methoxy groups -OCH3 is 1. The topological polar surface area (TPSA) is 61.8 Å². The van der Waals surface area contributed by atoms with E-state index in [0.29, 0.717) is 32.0 Å². The fourth-order valence-electron chi connectivity index (χ4n) is 2.94. The van der Waals surface area contributed by atoms with Crippen LogP contribution in [0.1, 0.15) is 104 Å². The van der Waals surface area contributed by atoms with E-state index in [4.69, 9.17) is 14.2 Å². The molecule has 0 aromatic heterocycles. The van der Waals surface area contributed by atoms with Crippen molar-refractivity contribution in [3.8, 4) is 0 Å². The molecule has 0 spiro atoms. The van der Waals surface area contributed by atoms with Gasteiger partial charge in [-0.3, -0.25) is 9.59 Å². The number of rotatable bonds is 20. The van der Waals surface area contributed by atoms with Gasteiger partial charge in [-0.25, -0.2) is 0 Å². The van der Waals surface area contributed by atoms with Gasteiger partial charge in [0.2, 0.25) is 0 Å². The van der Waals surface area contributed by atoms with Crippen molar-refractivity contribution in [3.63, 3.8) is 0 Å². The van der Waals surface area contributed by atoms with Gasteiger partial charge in [-0.15, -0.1) is 0 Å². The molecule has 0 saturated carbocycles. The van der Waals surface area contributed by atoms with Crippen LogP contribution in [-0.2, 0) is 23.8 Å². The summed E-state index contributed by atoms with van der Waals surface area (Å²) in [5.74, 6) is 0.377. The van der Waals surface area contributed by atoms with Crippen molar-refractivity contribution in [1.29, 1.82) is 0 Å². The number of hydrogen-bond donors (Lipinski definition) is 0. The SMILES string of the molecule is CCCCCCOC(=O)CCCCCCCCC(=O)OCCC(C)CCOC. The molecule has 28 heavy (non-hydrogen) atoms. The first-order valence-electron chi connectivity index (χ1n) is 11.4. The van der Waals surface area contributed by atoms with Crippen LogP contribution in [0.3, 0.4) is 0 Å². The van der Waals surface area contributed by atoms with Crippen molar-refractivity contribution < 1.29 is 23.8 Å². The van der Waals surface area contributed by atoms with E-state index in [2.05, 4.69) is 13.8 Å². The van der Waals surface area contributed by atoms with Gasteiger partial charge in [-0.1, -0.05) is 58.8 Å². The molecule has 0 aromatic rings. The third-order valence-electron chi connectivity index (χ3n) is 4.96. The Morgan fingerprint density at radius 3 is 1.75 bits per heavy atom. The van der Waals surface area contributed by atoms with Gasteiger partial charge < -0.3 is 14.2 Å². The first kappa shape index (κ1) is 26.9. The lowest BCUT2D eigenvalue weighted by atomic mass is 10.1. The molecule has 0 bridgehead atoms. The summed E-state index contributed by atoms with van der Waals surface area (Å²) in [6, 6.07) is 0. The molecular formula is C23H44O5. The second kappa shape index (κ2) is 20.6. The molecule has 5 nitrogen and oxygen atoms in total. The molecule has 0 radical (unpaired) electrons. The van der Waals surface area contributed by atoms with E-state index in [1.807, 2.05) is 0 Å². The molecule has 0 aliphatic carbocycles. The quantitative estimate of drug-likeness (QED) is 0.190. The highest BCUT2D eigenvalue weighted by Crippen LogP contribution is 2.11. The maximum absolute atomic E-state index is 11.7. The standard InChI is InChI=1S/C23H44O5/c1-4-5-6-13-18-27-22(24)14-11-9-7-8-10-12-15-23(25)28-20-17-21(2)16-19-26-3/h21H,4-20H2,1-3H3. The normalized spacial score (nSPS) is 12.0. The van der Waals surface area contributed by atoms with Crippen LogP contribution in [0.25, 0.3) is 0 Å². The summed E-state index contributed by atoms with van der Waals surface area (Å²) in [5, 5.41) is 0. The van der Waals surface area contributed by atoms with Crippen LogP contribution in [0, 0.1) is 5.92 Å². The smallest absolute Gasteiger partial charge is 0.305 e. The van der Waals surface area contributed by atoms with Gasteiger partial charge in [0.15, 0.2) is 0 Å². The summed E-state index contributed by atoms with van der Waals surface area (Å²) in [6.07, 6.45) is 13.6. The van der Waals surface area contributed by atoms with Crippen molar-refractivity contribution in [2.75, 3.05) is 26.9 Å². The molecule has 0 N–H and O–H groups in total. The van der Waals surface area contributed by atoms with Gasteiger partial charge in [-0.05, 0) is 38.0 Å². The van der Waals surface area contributed by atoms with Gasteiger partial charge >= 0.3 is 11.9 Å². The Bertz CT molecular complexity index is 370. The molecule has 0 aliphatic heterocycles. The fraction of sp³-hybridized carbons (Fsp3) is 0.913. The van der Waals surface area contributed by atoms with Gasteiger partial charge in [0.05, 0.1) is 13.2 Å². The number of carbonyl (C=O) groups is 2. The van der Waals surface area contributed by atoms with Crippen LogP contribution in [0.15, 0.2) is 0 Å². The molecule has 1 unspecified atom stereocenters. The molecular weight excluding hydrogens is 356 g/mol. The zero-order valence-electron chi connectivity index (χ0n) is 18.6. The average Bonchev–Trinajstić information content (AvgIpc) is 2.68. The second-order valence-electron chi connectivity index (χ2n) is 7.80. The largest absolute Gasteiger partial charge is 0.466 e. The molecule has 0 aliphatic rings. The van der Waals surface area contributed by atoms with E-state index in [0.717, 1.165) is 70.8 Å². The number of hydrogen-bond acceptors (Lipinski definition) is 5. The Balaban J connectivity index is 3.33. The minimum absolute atomic E-state index is 0.0595. The number of ether oxygens (including phenoxy) is 3. The maximum Gasteiger partial charge on any atom is 0.305 e. The molecule has 166 valence electrons. The van der Waals surface area contributed by atoms with E-state index in [9.17, 15) is 9.59 Å². The molecule has 0 aromatic carbocycles. The van der Waals surface area contributed by atoms with Crippen molar-refractivity contribution >= 4 is 11.9 Å². The van der Waals surface area contributed by atoms with Gasteiger partial charge in [0.25, 0.3) is 0 Å². The molecule has 0 fully saturated rings. The minimum Gasteiger partial charge on any atom is -0.466 e. The third kappa shape index (κ3) is 19.7. The Kier molecular flexibility index (Phi) is 19.8. The van der Waals surface area contributed by atoms with Crippen molar-refractivity contribution in [1.82, 2.24) is 0 Å². The number of esters is 2. The first-order valence-corrected chi connectivity index (χ1v) is 11.4. The zero-order chi connectivity index (χ0) is 20.9. The highest BCUT2D eigenvalue weighted by atomic mass is 16.5. The van der Waals surface area contributed by atoms with Gasteiger partial charge in [-0.2, -0.15) is 0 Å². The molecule has 1 atom stereocenters. The summed E-state index contributed by atoms with van der Waals surface area (Å²) in [4.78, 5) is 23.3. The van der Waals surface area contributed by atoms with E-state index >= 15 is 0 Å². The lowest BCUT2D eigenvalue weighted by Gasteiger charge is -2.11. The van der Waals surface area contributed by atoms with Crippen LogP contribution in [0.4, 0.5) is 0 Å². The van der Waals surface area contributed by atoms with Crippen LogP contribution < -0.4 is 0 Å². The maximum atomic E-state index is 11.7. The van der Waals surface area contributed by atoms with Crippen molar-refractivity contribution in [2.45, 2.75) is 104 Å². The summed E-state index contributed by atoms with van der Waals surface area (Å²) in [5.41, 5.74) is 0. The zero-order valence-corrected chi connectivity index (χ0v) is 18.6. The highest BCUT2D eigenvalue weighted by molar-refractivity contribution is 5.69. The van der Waals surface area contributed by atoms with Crippen LogP contribution in [-0.4, -0.2) is 38.9 Å². The predicted octanol–water partition coefficient (Wildman–Crippen LogP) is 5.84. The highest BCUT2D eigenvalue weighted by Gasteiger charge is 2.06. The van der Waals surface area contributed by atoms with E-state index < -0.39 is 0 Å². The lowest BCUT2D eigenvalue weighted by Crippen LogP contribution is -2.09. The Hall–Kier alpha value is -1.10. The molecule has 5 heteroatoms. The lowest BCUT2D eigenvalue weighted by molar-refractivity contribution is -0.145. The predicted molar refractivity (Wildman–Crippen MR) is 113 cm³/mol.